The Morgan fingerprint density at radius 1 is 1.00 bits per heavy atom. The number of ether oxygens (including phenoxy) is 1. The summed E-state index contributed by atoms with van der Waals surface area (Å²) in [6.07, 6.45) is 2.46. The number of amides is 2. The van der Waals surface area contributed by atoms with Crippen LogP contribution in [0.3, 0.4) is 0 Å². The molecule has 1 aromatic carbocycles. The molecule has 0 unspecified atom stereocenters. The Kier molecular flexibility index (Phi) is 6.71. The molecule has 122 valence electrons. The third-order valence-electron chi connectivity index (χ3n) is 3.04. The predicted octanol–water partition coefficient (Wildman–Crippen LogP) is 1.98. The molecule has 2 rings (SSSR count). The molecule has 1 aromatic heterocycles. The van der Waals surface area contributed by atoms with Crippen LogP contribution in [0.25, 0.3) is 0 Å². The van der Waals surface area contributed by atoms with Gasteiger partial charge >= 0.3 is 0 Å². The van der Waals surface area contributed by atoms with E-state index in [1.807, 2.05) is 30.3 Å². The van der Waals surface area contributed by atoms with Gasteiger partial charge in [0.1, 0.15) is 5.75 Å². The largest absolute Gasteiger partial charge is 0.494 e. The van der Waals surface area contributed by atoms with Crippen LogP contribution in [0.5, 0.6) is 5.75 Å². The summed E-state index contributed by atoms with van der Waals surface area (Å²) in [5, 5.41) is 5.40. The molecular formula is C17H20N2O4. The summed E-state index contributed by atoms with van der Waals surface area (Å²) >= 11 is 0. The average molecular weight is 316 g/mol. The van der Waals surface area contributed by atoms with Crippen LogP contribution in [-0.2, 0) is 4.79 Å². The first kappa shape index (κ1) is 16.6. The van der Waals surface area contributed by atoms with Gasteiger partial charge in [0.25, 0.3) is 5.91 Å². The van der Waals surface area contributed by atoms with Gasteiger partial charge in [-0.25, -0.2) is 0 Å². The summed E-state index contributed by atoms with van der Waals surface area (Å²) in [7, 11) is 0. The summed E-state index contributed by atoms with van der Waals surface area (Å²) in [6.45, 7) is 1.23. The SMILES string of the molecule is O=C(CCCOc1ccccc1)NCCNC(=O)c1ccco1. The van der Waals surface area contributed by atoms with Crippen LogP contribution in [-0.4, -0.2) is 31.5 Å². The van der Waals surface area contributed by atoms with E-state index in [4.69, 9.17) is 9.15 Å². The highest BCUT2D eigenvalue weighted by atomic mass is 16.5. The van der Waals surface area contributed by atoms with Crippen molar-refractivity contribution in [3.63, 3.8) is 0 Å². The maximum absolute atomic E-state index is 11.6. The molecule has 0 fully saturated rings. The Morgan fingerprint density at radius 3 is 2.52 bits per heavy atom. The Labute approximate surface area is 134 Å². The smallest absolute Gasteiger partial charge is 0.287 e. The van der Waals surface area contributed by atoms with Crippen molar-refractivity contribution in [2.24, 2.45) is 0 Å². The highest BCUT2D eigenvalue weighted by Crippen LogP contribution is 2.08. The molecule has 2 N–H and O–H groups in total. The van der Waals surface area contributed by atoms with Gasteiger partial charge in [0.2, 0.25) is 5.91 Å². The molecule has 2 aromatic rings. The molecule has 0 radical (unpaired) electrons. The van der Waals surface area contributed by atoms with E-state index in [2.05, 4.69) is 10.6 Å². The molecule has 2 amide bonds. The van der Waals surface area contributed by atoms with Crippen molar-refractivity contribution in [3.05, 3.63) is 54.5 Å². The van der Waals surface area contributed by atoms with Gasteiger partial charge in [-0.2, -0.15) is 0 Å². The van der Waals surface area contributed by atoms with Crippen molar-refractivity contribution in [3.8, 4) is 5.75 Å². The van der Waals surface area contributed by atoms with Gasteiger partial charge in [0.15, 0.2) is 5.76 Å². The summed E-state index contributed by atoms with van der Waals surface area (Å²) in [4.78, 5) is 23.2. The zero-order chi connectivity index (χ0) is 16.3. The molecule has 0 spiro atoms. The number of hydrogen-bond donors (Lipinski definition) is 2. The average Bonchev–Trinajstić information content (AvgIpc) is 3.11. The van der Waals surface area contributed by atoms with Gasteiger partial charge in [-0.3, -0.25) is 9.59 Å². The minimum atomic E-state index is -0.291. The molecule has 0 aliphatic carbocycles. The minimum absolute atomic E-state index is 0.0612. The lowest BCUT2D eigenvalue weighted by molar-refractivity contribution is -0.121. The molecule has 0 aliphatic heterocycles. The van der Waals surface area contributed by atoms with Gasteiger partial charge in [-0.15, -0.1) is 0 Å². The molecule has 0 saturated heterocycles. The highest BCUT2D eigenvalue weighted by Gasteiger charge is 2.07. The van der Waals surface area contributed by atoms with Gasteiger partial charge in [-0.1, -0.05) is 18.2 Å². The number of para-hydroxylation sites is 1. The first-order valence-corrected chi connectivity index (χ1v) is 7.52. The van der Waals surface area contributed by atoms with Crippen molar-refractivity contribution < 1.29 is 18.7 Å². The van der Waals surface area contributed by atoms with Crippen LogP contribution in [0.1, 0.15) is 23.4 Å². The van der Waals surface area contributed by atoms with Crippen LogP contribution in [0.2, 0.25) is 0 Å². The van der Waals surface area contributed by atoms with Gasteiger partial charge in [0, 0.05) is 19.5 Å². The number of furan rings is 1. The Hall–Kier alpha value is -2.76. The first-order valence-electron chi connectivity index (χ1n) is 7.52. The van der Waals surface area contributed by atoms with Crippen LogP contribution in [0.4, 0.5) is 0 Å². The molecule has 6 heteroatoms. The zero-order valence-corrected chi connectivity index (χ0v) is 12.8. The molecule has 1 heterocycles. The normalized spacial score (nSPS) is 10.1. The highest BCUT2D eigenvalue weighted by molar-refractivity contribution is 5.91. The molecule has 0 saturated carbocycles. The van der Waals surface area contributed by atoms with Crippen LogP contribution in [0, 0.1) is 0 Å². The van der Waals surface area contributed by atoms with Crippen LogP contribution < -0.4 is 15.4 Å². The Morgan fingerprint density at radius 2 is 1.78 bits per heavy atom. The lowest BCUT2D eigenvalue weighted by atomic mass is 10.3. The number of hydrogen-bond acceptors (Lipinski definition) is 4. The fourth-order valence-electron chi connectivity index (χ4n) is 1.90. The number of nitrogens with one attached hydrogen (secondary N) is 2. The third-order valence-corrected chi connectivity index (χ3v) is 3.04. The van der Waals surface area contributed by atoms with Gasteiger partial charge < -0.3 is 19.8 Å². The molecule has 6 nitrogen and oxygen atoms in total. The minimum Gasteiger partial charge on any atom is -0.494 e. The van der Waals surface area contributed by atoms with Crippen molar-refractivity contribution in [2.75, 3.05) is 19.7 Å². The summed E-state index contributed by atoms with van der Waals surface area (Å²) in [6, 6.07) is 12.7. The Balaban J connectivity index is 1.49. The summed E-state index contributed by atoms with van der Waals surface area (Å²) in [5.41, 5.74) is 0. The van der Waals surface area contributed by atoms with Crippen molar-refractivity contribution in [2.45, 2.75) is 12.8 Å². The second kappa shape index (κ2) is 9.30. The van der Waals surface area contributed by atoms with E-state index in [0.717, 1.165) is 5.75 Å². The monoisotopic (exact) mass is 316 g/mol. The predicted molar refractivity (Wildman–Crippen MR) is 85.2 cm³/mol. The lowest BCUT2D eigenvalue weighted by Crippen LogP contribution is -2.34. The topological polar surface area (TPSA) is 80.6 Å². The second-order valence-electron chi connectivity index (χ2n) is 4.85. The summed E-state index contributed by atoms with van der Waals surface area (Å²) < 4.78 is 10.5. The molecule has 0 bridgehead atoms. The maximum Gasteiger partial charge on any atom is 0.287 e. The van der Waals surface area contributed by atoms with E-state index in [9.17, 15) is 9.59 Å². The standard InChI is InChI=1S/C17H20N2O4/c20-16(9-5-12-22-14-6-2-1-3-7-14)18-10-11-19-17(21)15-8-4-13-23-15/h1-4,6-8,13H,5,9-12H2,(H,18,20)(H,19,21). The quantitative estimate of drug-likeness (QED) is 0.693. The van der Waals surface area contributed by atoms with Gasteiger partial charge in [-0.05, 0) is 30.7 Å². The maximum atomic E-state index is 11.6. The number of benzene rings is 1. The van der Waals surface area contributed by atoms with E-state index in [1.54, 1.807) is 12.1 Å². The Bertz CT molecular complexity index is 596. The second-order valence-corrected chi connectivity index (χ2v) is 4.85. The fourth-order valence-corrected chi connectivity index (χ4v) is 1.90. The molecule has 0 atom stereocenters. The van der Waals surface area contributed by atoms with E-state index >= 15 is 0 Å². The zero-order valence-electron chi connectivity index (χ0n) is 12.8. The van der Waals surface area contributed by atoms with Gasteiger partial charge in [0.05, 0.1) is 12.9 Å². The number of carbonyl (C=O) groups is 2. The van der Waals surface area contributed by atoms with E-state index in [0.29, 0.717) is 32.5 Å². The third kappa shape index (κ3) is 6.25. The number of carbonyl (C=O) groups excluding carboxylic acids is 2. The fraction of sp³-hybridized carbons (Fsp3) is 0.294. The number of rotatable bonds is 9. The van der Waals surface area contributed by atoms with Crippen LogP contribution in [0.15, 0.2) is 53.1 Å². The van der Waals surface area contributed by atoms with E-state index in [1.165, 1.54) is 6.26 Å². The molecule has 23 heavy (non-hydrogen) atoms. The van der Waals surface area contributed by atoms with Crippen molar-refractivity contribution in [1.82, 2.24) is 10.6 Å². The molecule has 0 aliphatic rings. The van der Waals surface area contributed by atoms with Crippen molar-refractivity contribution in [1.29, 1.82) is 0 Å². The van der Waals surface area contributed by atoms with E-state index < -0.39 is 0 Å². The summed E-state index contributed by atoms with van der Waals surface area (Å²) in [5.74, 6) is 0.706. The first-order chi connectivity index (χ1) is 11.3. The molecular weight excluding hydrogens is 296 g/mol. The van der Waals surface area contributed by atoms with Crippen LogP contribution >= 0.6 is 0 Å². The van der Waals surface area contributed by atoms with E-state index in [-0.39, 0.29) is 17.6 Å². The lowest BCUT2D eigenvalue weighted by Gasteiger charge is -2.07. The van der Waals surface area contributed by atoms with Crippen molar-refractivity contribution >= 4 is 11.8 Å².